The number of rotatable bonds is 6. The molecule has 114 valence electrons. The van der Waals surface area contributed by atoms with Gasteiger partial charge in [-0.15, -0.1) is 0 Å². The van der Waals surface area contributed by atoms with Crippen LogP contribution in [0, 0.1) is 6.92 Å². The summed E-state index contributed by atoms with van der Waals surface area (Å²) in [5, 5.41) is 10.3. The third-order valence-corrected chi connectivity index (χ3v) is 4.39. The van der Waals surface area contributed by atoms with E-state index in [9.17, 15) is 13.5 Å². The molecule has 0 amide bonds. The lowest BCUT2D eigenvalue weighted by Crippen LogP contribution is -2.29. The summed E-state index contributed by atoms with van der Waals surface area (Å²) < 4.78 is 31.5. The van der Waals surface area contributed by atoms with Crippen molar-refractivity contribution in [2.24, 2.45) is 0 Å². The van der Waals surface area contributed by atoms with E-state index in [1.54, 1.807) is 43.3 Å². The second-order valence-electron chi connectivity index (χ2n) is 4.70. The Morgan fingerprint density at radius 2 is 2.10 bits per heavy atom. The van der Waals surface area contributed by atoms with Crippen LogP contribution in [0.4, 0.5) is 0 Å². The van der Waals surface area contributed by atoms with Gasteiger partial charge in [-0.05, 0) is 36.8 Å². The fourth-order valence-corrected chi connectivity index (χ4v) is 3.18. The summed E-state index contributed by atoms with van der Waals surface area (Å²) in [5.41, 5.74) is 0.582. The van der Waals surface area contributed by atoms with Crippen LogP contribution in [0.5, 0.6) is 0 Å². The Bertz CT molecular complexity index is 711. The number of sulfonamides is 1. The van der Waals surface area contributed by atoms with Crippen molar-refractivity contribution in [3.8, 4) is 0 Å². The molecule has 1 aromatic carbocycles. The van der Waals surface area contributed by atoms with Gasteiger partial charge in [-0.2, -0.15) is 0 Å². The Hall–Kier alpha value is -1.34. The van der Waals surface area contributed by atoms with Crippen molar-refractivity contribution in [1.29, 1.82) is 0 Å². The third kappa shape index (κ3) is 4.86. The van der Waals surface area contributed by atoms with Crippen molar-refractivity contribution in [3.63, 3.8) is 0 Å². The number of aryl methyl sites for hydroxylation is 1. The molecule has 0 aliphatic rings. The molecule has 0 aliphatic carbocycles. The molecule has 0 saturated carbocycles. The van der Waals surface area contributed by atoms with Crippen molar-refractivity contribution in [3.05, 3.63) is 58.5 Å². The number of nitrogens with one attached hydrogen (secondary N) is 1. The first kappa shape index (κ1) is 16.0. The topological polar surface area (TPSA) is 79.5 Å². The molecule has 2 rings (SSSR count). The molecule has 1 heterocycles. The fraction of sp³-hybridized carbons (Fsp3) is 0.286. The summed E-state index contributed by atoms with van der Waals surface area (Å²) in [6.07, 6.45) is -1.02. The first-order valence-corrected chi connectivity index (χ1v) is 8.35. The molecule has 21 heavy (non-hydrogen) atoms. The summed E-state index contributed by atoms with van der Waals surface area (Å²) >= 11 is 5.82. The van der Waals surface area contributed by atoms with Gasteiger partial charge in [0.05, 0.1) is 5.75 Å². The predicted molar refractivity (Wildman–Crippen MR) is 80.5 cm³/mol. The molecule has 0 radical (unpaired) electrons. The minimum absolute atomic E-state index is 0.143. The smallest absolute Gasteiger partial charge is 0.215 e. The van der Waals surface area contributed by atoms with Crippen LogP contribution in [0.25, 0.3) is 0 Å². The molecule has 0 aliphatic heterocycles. The van der Waals surface area contributed by atoms with E-state index in [-0.39, 0.29) is 12.3 Å². The molecule has 2 aromatic rings. The molecule has 5 nitrogen and oxygen atoms in total. The predicted octanol–water partition coefficient (Wildman–Crippen LogP) is 2.39. The highest BCUT2D eigenvalue weighted by Gasteiger charge is 2.17. The zero-order valence-electron chi connectivity index (χ0n) is 11.4. The van der Waals surface area contributed by atoms with Crippen LogP contribution in [0.15, 0.2) is 40.8 Å². The molecule has 1 unspecified atom stereocenters. The zero-order chi connectivity index (χ0) is 15.5. The van der Waals surface area contributed by atoms with Crippen LogP contribution in [-0.4, -0.2) is 20.1 Å². The van der Waals surface area contributed by atoms with Gasteiger partial charge in [0.2, 0.25) is 10.0 Å². The summed E-state index contributed by atoms with van der Waals surface area (Å²) in [6.45, 7) is 1.61. The van der Waals surface area contributed by atoms with Crippen molar-refractivity contribution in [2.45, 2.75) is 18.8 Å². The fourth-order valence-electron chi connectivity index (χ4n) is 1.84. The number of aliphatic hydroxyl groups is 1. The van der Waals surface area contributed by atoms with E-state index in [0.29, 0.717) is 22.1 Å². The molecular formula is C14H16ClNO4S. The number of furan rings is 1. The lowest BCUT2D eigenvalue weighted by atomic mass is 10.2. The van der Waals surface area contributed by atoms with Crippen molar-refractivity contribution in [1.82, 2.24) is 4.72 Å². The minimum Gasteiger partial charge on any atom is -0.464 e. The Morgan fingerprint density at radius 1 is 1.33 bits per heavy atom. The standard InChI is InChI=1S/C14H16ClNO4S/c1-10-5-6-14(20-10)13(17)8-16-21(18,19)9-11-3-2-4-12(15)7-11/h2-7,13,16-17H,8-9H2,1H3. The summed E-state index contributed by atoms with van der Waals surface area (Å²) in [6, 6.07) is 9.95. The van der Waals surface area contributed by atoms with Crippen molar-refractivity contribution < 1.29 is 17.9 Å². The van der Waals surface area contributed by atoms with Gasteiger partial charge < -0.3 is 9.52 Å². The molecule has 2 N–H and O–H groups in total. The summed E-state index contributed by atoms with van der Waals surface area (Å²) in [5.74, 6) is 0.793. The van der Waals surface area contributed by atoms with Gasteiger partial charge >= 0.3 is 0 Å². The van der Waals surface area contributed by atoms with Crippen molar-refractivity contribution >= 4 is 21.6 Å². The largest absolute Gasteiger partial charge is 0.464 e. The highest BCUT2D eigenvalue weighted by atomic mass is 35.5. The summed E-state index contributed by atoms with van der Waals surface area (Å²) in [4.78, 5) is 0. The number of hydrogen-bond acceptors (Lipinski definition) is 4. The van der Waals surface area contributed by atoms with Gasteiger partial charge in [-0.25, -0.2) is 13.1 Å². The van der Waals surface area contributed by atoms with E-state index in [1.165, 1.54) is 0 Å². The molecule has 0 fully saturated rings. The van der Waals surface area contributed by atoms with Crippen LogP contribution in [0.1, 0.15) is 23.2 Å². The highest BCUT2D eigenvalue weighted by Crippen LogP contribution is 2.16. The van der Waals surface area contributed by atoms with Gasteiger partial charge in [-0.1, -0.05) is 23.7 Å². The zero-order valence-corrected chi connectivity index (χ0v) is 13.0. The van der Waals surface area contributed by atoms with Crippen LogP contribution >= 0.6 is 11.6 Å². The average molecular weight is 330 g/mol. The van der Waals surface area contributed by atoms with Gasteiger partial charge in [0.15, 0.2) is 0 Å². The first-order chi connectivity index (χ1) is 9.85. The quantitative estimate of drug-likeness (QED) is 0.853. The Morgan fingerprint density at radius 3 is 2.71 bits per heavy atom. The van der Waals surface area contributed by atoms with E-state index in [1.807, 2.05) is 0 Å². The second kappa shape index (κ2) is 6.62. The monoisotopic (exact) mass is 329 g/mol. The molecular weight excluding hydrogens is 314 g/mol. The Kier molecular flexibility index (Phi) is 5.05. The van der Waals surface area contributed by atoms with Gasteiger partial charge in [0, 0.05) is 11.6 Å². The molecule has 7 heteroatoms. The van der Waals surface area contributed by atoms with Crippen molar-refractivity contribution in [2.75, 3.05) is 6.54 Å². The Labute approximate surface area is 128 Å². The van der Waals surface area contributed by atoms with Crippen LogP contribution in [0.3, 0.4) is 0 Å². The second-order valence-corrected chi connectivity index (χ2v) is 6.94. The lowest BCUT2D eigenvalue weighted by molar-refractivity contribution is 0.152. The number of aliphatic hydroxyl groups excluding tert-OH is 1. The van der Waals surface area contributed by atoms with Gasteiger partial charge in [-0.3, -0.25) is 0 Å². The molecule has 1 aromatic heterocycles. The SMILES string of the molecule is Cc1ccc(C(O)CNS(=O)(=O)Cc2cccc(Cl)c2)o1. The number of halogens is 1. The van der Waals surface area contributed by atoms with Gasteiger partial charge in [0.25, 0.3) is 0 Å². The number of hydrogen-bond donors (Lipinski definition) is 2. The van der Waals surface area contributed by atoms with E-state index in [0.717, 1.165) is 0 Å². The van der Waals surface area contributed by atoms with Crippen LogP contribution in [-0.2, 0) is 15.8 Å². The maximum atomic E-state index is 12.0. The van der Waals surface area contributed by atoms with E-state index in [4.69, 9.17) is 16.0 Å². The summed E-state index contributed by atoms with van der Waals surface area (Å²) in [7, 11) is -3.56. The maximum Gasteiger partial charge on any atom is 0.215 e. The van der Waals surface area contributed by atoms with Gasteiger partial charge in [0.1, 0.15) is 17.6 Å². The Balaban J connectivity index is 1.95. The minimum atomic E-state index is -3.56. The molecule has 0 saturated heterocycles. The average Bonchev–Trinajstić information content (AvgIpc) is 2.82. The normalized spacial score (nSPS) is 13.3. The van der Waals surface area contributed by atoms with Crippen LogP contribution in [0.2, 0.25) is 5.02 Å². The van der Waals surface area contributed by atoms with E-state index in [2.05, 4.69) is 4.72 Å². The molecule has 1 atom stereocenters. The highest BCUT2D eigenvalue weighted by molar-refractivity contribution is 7.88. The first-order valence-electron chi connectivity index (χ1n) is 6.32. The van der Waals surface area contributed by atoms with E-state index >= 15 is 0 Å². The number of benzene rings is 1. The van der Waals surface area contributed by atoms with E-state index < -0.39 is 16.1 Å². The lowest BCUT2D eigenvalue weighted by Gasteiger charge is -2.10. The third-order valence-electron chi connectivity index (χ3n) is 2.83. The maximum absolute atomic E-state index is 12.0. The van der Waals surface area contributed by atoms with Crippen LogP contribution < -0.4 is 4.72 Å². The molecule has 0 spiro atoms. The molecule has 0 bridgehead atoms.